The van der Waals surface area contributed by atoms with Crippen LogP contribution in [0.5, 0.6) is 5.75 Å². The molecule has 1 fully saturated rings. The highest BCUT2D eigenvalue weighted by Gasteiger charge is 2.19. The minimum Gasteiger partial charge on any atom is -0.496 e. The van der Waals surface area contributed by atoms with Crippen LogP contribution >= 0.6 is 0 Å². The molecular formula is C24H28N4O2. The molecule has 1 aromatic heterocycles. The monoisotopic (exact) mass is 404 g/mol. The van der Waals surface area contributed by atoms with Crippen LogP contribution in [-0.4, -0.2) is 35.7 Å². The van der Waals surface area contributed by atoms with Crippen molar-refractivity contribution in [1.29, 1.82) is 0 Å². The number of nitrogens with zero attached hydrogens (tertiary/aromatic N) is 2. The molecular weight excluding hydrogens is 376 g/mol. The fraction of sp³-hybridized carbons (Fsp3) is 0.333. The highest BCUT2D eigenvalue weighted by atomic mass is 16.5. The molecule has 0 aliphatic carbocycles. The average Bonchev–Trinajstić information content (AvgIpc) is 3.41. The fourth-order valence-electron chi connectivity index (χ4n) is 4.01. The largest absolute Gasteiger partial charge is 0.496 e. The number of amides is 1. The molecule has 4 rings (SSSR count). The van der Waals surface area contributed by atoms with Gasteiger partial charge in [0.05, 0.1) is 13.7 Å². The van der Waals surface area contributed by atoms with E-state index in [1.807, 2.05) is 55.6 Å². The summed E-state index contributed by atoms with van der Waals surface area (Å²) < 4.78 is 7.60. The molecule has 0 bridgehead atoms. The number of ether oxygens (including phenoxy) is 1. The number of para-hydroxylation sites is 1. The Kier molecular flexibility index (Phi) is 6.14. The average molecular weight is 405 g/mol. The minimum atomic E-state index is -0.113. The van der Waals surface area contributed by atoms with Gasteiger partial charge in [0.25, 0.3) is 5.91 Å². The predicted molar refractivity (Wildman–Crippen MR) is 118 cm³/mol. The number of hydrogen-bond donors (Lipinski definition) is 2. The zero-order valence-corrected chi connectivity index (χ0v) is 17.5. The van der Waals surface area contributed by atoms with Crippen LogP contribution in [0.15, 0.2) is 54.9 Å². The Bertz CT molecular complexity index is 1020. The second kappa shape index (κ2) is 9.13. The van der Waals surface area contributed by atoms with Crippen LogP contribution in [0, 0.1) is 12.8 Å². The molecule has 1 unspecified atom stereocenters. The zero-order chi connectivity index (χ0) is 20.9. The van der Waals surface area contributed by atoms with Crippen LogP contribution in [0.25, 0.3) is 0 Å². The third-order valence-electron chi connectivity index (χ3n) is 5.74. The van der Waals surface area contributed by atoms with Gasteiger partial charge < -0.3 is 19.9 Å². The zero-order valence-electron chi connectivity index (χ0n) is 17.5. The maximum Gasteiger partial charge on any atom is 0.255 e. The highest BCUT2D eigenvalue weighted by Crippen LogP contribution is 2.26. The second-order valence-electron chi connectivity index (χ2n) is 7.80. The number of carbonyl (C=O) groups excluding carboxylic acids is 1. The van der Waals surface area contributed by atoms with Gasteiger partial charge >= 0.3 is 0 Å². The molecule has 0 saturated carbocycles. The third kappa shape index (κ3) is 4.54. The molecule has 156 valence electrons. The van der Waals surface area contributed by atoms with Gasteiger partial charge in [-0.15, -0.1) is 0 Å². The molecule has 30 heavy (non-hydrogen) atoms. The standard InChI is InChI=1S/C24H28N4O2/c1-17-26-11-12-28(17)16-20-5-3-4-6-22(20)27-24(29)19-7-8-23(30-2)21(14-19)13-18-9-10-25-15-18/h3-8,11-12,14,18,25H,9-10,13,15-16H2,1-2H3,(H,27,29). The van der Waals surface area contributed by atoms with E-state index in [4.69, 9.17) is 4.74 Å². The Morgan fingerprint density at radius 1 is 1.27 bits per heavy atom. The van der Waals surface area contributed by atoms with Gasteiger partial charge in [0.15, 0.2) is 0 Å². The van der Waals surface area contributed by atoms with E-state index in [1.54, 1.807) is 13.3 Å². The number of aryl methyl sites for hydroxylation is 1. The van der Waals surface area contributed by atoms with Crippen LogP contribution in [0.2, 0.25) is 0 Å². The number of carbonyl (C=O) groups is 1. The SMILES string of the molecule is COc1ccc(C(=O)Nc2ccccc2Cn2ccnc2C)cc1CC1CCNC1. The number of benzene rings is 2. The normalized spacial score (nSPS) is 15.9. The van der Waals surface area contributed by atoms with Crippen molar-refractivity contribution >= 4 is 11.6 Å². The van der Waals surface area contributed by atoms with Gasteiger partial charge in [-0.05, 0) is 74.2 Å². The highest BCUT2D eigenvalue weighted by molar-refractivity contribution is 6.04. The molecule has 3 aromatic rings. The molecule has 1 aliphatic rings. The van der Waals surface area contributed by atoms with Crippen molar-refractivity contribution in [2.24, 2.45) is 5.92 Å². The minimum absolute atomic E-state index is 0.113. The van der Waals surface area contributed by atoms with Crippen molar-refractivity contribution in [2.45, 2.75) is 26.3 Å². The van der Waals surface area contributed by atoms with Gasteiger partial charge in [-0.3, -0.25) is 4.79 Å². The van der Waals surface area contributed by atoms with Crippen LogP contribution in [0.3, 0.4) is 0 Å². The Labute approximate surface area is 177 Å². The van der Waals surface area contributed by atoms with Crippen molar-refractivity contribution in [3.63, 3.8) is 0 Å². The summed E-state index contributed by atoms with van der Waals surface area (Å²) in [5.74, 6) is 2.25. The van der Waals surface area contributed by atoms with E-state index >= 15 is 0 Å². The first kappa shape index (κ1) is 20.2. The first-order valence-electron chi connectivity index (χ1n) is 10.4. The van der Waals surface area contributed by atoms with Gasteiger partial charge in [0, 0.05) is 23.6 Å². The maximum absolute atomic E-state index is 13.0. The maximum atomic E-state index is 13.0. The molecule has 0 spiro atoms. The number of methoxy groups -OCH3 is 1. The Hall–Kier alpha value is -3.12. The summed E-state index contributed by atoms with van der Waals surface area (Å²) in [5, 5.41) is 6.49. The number of rotatable bonds is 7. The summed E-state index contributed by atoms with van der Waals surface area (Å²) in [6, 6.07) is 13.6. The van der Waals surface area contributed by atoms with E-state index in [2.05, 4.69) is 20.2 Å². The molecule has 2 N–H and O–H groups in total. The lowest BCUT2D eigenvalue weighted by Gasteiger charge is -2.15. The first-order valence-corrected chi connectivity index (χ1v) is 10.4. The van der Waals surface area contributed by atoms with Crippen molar-refractivity contribution in [3.05, 3.63) is 77.4 Å². The summed E-state index contributed by atoms with van der Waals surface area (Å²) in [6.07, 6.45) is 5.80. The lowest BCUT2D eigenvalue weighted by molar-refractivity contribution is 0.102. The van der Waals surface area contributed by atoms with Gasteiger partial charge in [-0.1, -0.05) is 18.2 Å². The lowest BCUT2D eigenvalue weighted by Crippen LogP contribution is -2.15. The van der Waals surface area contributed by atoms with Crippen LogP contribution in [0.4, 0.5) is 5.69 Å². The lowest BCUT2D eigenvalue weighted by atomic mass is 9.96. The molecule has 1 aliphatic heterocycles. The smallest absolute Gasteiger partial charge is 0.255 e. The Morgan fingerprint density at radius 3 is 2.87 bits per heavy atom. The number of hydrogen-bond acceptors (Lipinski definition) is 4. The van der Waals surface area contributed by atoms with E-state index in [-0.39, 0.29) is 5.91 Å². The summed E-state index contributed by atoms with van der Waals surface area (Å²) in [5.41, 5.74) is 3.58. The van der Waals surface area contributed by atoms with Crippen molar-refractivity contribution in [3.8, 4) is 5.75 Å². The predicted octanol–water partition coefficient (Wildman–Crippen LogP) is 3.65. The molecule has 6 heteroatoms. The number of nitrogens with one attached hydrogen (secondary N) is 2. The van der Waals surface area contributed by atoms with E-state index in [1.165, 1.54) is 0 Å². The summed E-state index contributed by atoms with van der Waals surface area (Å²) >= 11 is 0. The van der Waals surface area contributed by atoms with E-state index < -0.39 is 0 Å². The van der Waals surface area contributed by atoms with Gasteiger partial charge in [0.1, 0.15) is 11.6 Å². The van der Waals surface area contributed by atoms with Crippen LogP contribution < -0.4 is 15.4 Å². The van der Waals surface area contributed by atoms with Gasteiger partial charge in [-0.25, -0.2) is 4.98 Å². The van der Waals surface area contributed by atoms with Crippen molar-refractivity contribution < 1.29 is 9.53 Å². The quantitative estimate of drug-likeness (QED) is 0.631. The molecule has 2 aromatic carbocycles. The number of anilines is 1. The van der Waals surface area contributed by atoms with E-state index in [9.17, 15) is 4.79 Å². The topological polar surface area (TPSA) is 68.2 Å². The van der Waals surface area contributed by atoms with Crippen molar-refractivity contribution in [2.75, 3.05) is 25.5 Å². The molecule has 1 saturated heterocycles. The van der Waals surface area contributed by atoms with E-state index in [0.717, 1.165) is 54.3 Å². The number of aromatic nitrogens is 2. The van der Waals surface area contributed by atoms with Gasteiger partial charge in [0.2, 0.25) is 0 Å². The summed E-state index contributed by atoms with van der Waals surface area (Å²) in [4.78, 5) is 17.3. The summed E-state index contributed by atoms with van der Waals surface area (Å²) in [6.45, 7) is 4.70. The molecule has 1 atom stereocenters. The van der Waals surface area contributed by atoms with E-state index in [0.29, 0.717) is 18.0 Å². The Morgan fingerprint density at radius 2 is 2.13 bits per heavy atom. The fourth-order valence-corrected chi connectivity index (χ4v) is 4.01. The Balaban J connectivity index is 1.53. The second-order valence-corrected chi connectivity index (χ2v) is 7.80. The third-order valence-corrected chi connectivity index (χ3v) is 5.74. The molecule has 1 amide bonds. The molecule has 0 radical (unpaired) electrons. The first-order chi connectivity index (χ1) is 14.6. The van der Waals surface area contributed by atoms with Gasteiger partial charge in [-0.2, -0.15) is 0 Å². The van der Waals surface area contributed by atoms with Crippen LogP contribution in [0.1, 0.15) is 33.7 Å². The molecule has 6 nitrogen and oxygen atoms in total. The molecule has 2 heterocycles. The number of imidazole rings is 1. The summed E-state index contributed by atoms with van der Waals surface area (Å²) in [7, 11) is 1.68. The van der Waals surface area contributed by atoms with Crippen LogP contribution in [-0.2, 0) is 13.0 Å². The van der Waals surface area contributed by atoms with Crippen molar-refractivity contribution in [1.82, 2.24) is 14.9 Å².